The molecule has 1 aliphatic heterocycles. The molecule has 0 radical (unpaired) electrons. The van der Waals surface area contributed by atoms with Gasteiger partial charge in [-0.15, -0.1) is 0 Å². The lowest BCUT2D eigenvalue weighted by Gasteiger charge is -2.30. The quantitative estimate of drug-likeness (QED) is 0.569. The number of nitrogens with two attached hydrogens (primary N) is 1. The number of nitrogens with one attached hydrogen (secondary N) is 3. The minimum atomic E-state index is -0.482. The van der Waals surface area contributed by atoms with Gasteiger partial charge in [-0.25, -0.2) is 0 Å². The Balaban J connectivity index is 1.98. The van der Waals surface area contributed by atoms with E-state index in [0.29, 0.717) is 6.42 Å². The van der Waals surface area contributed by atoms with Crippen LogP contribution in [0.15, 0.2) is 24.3 Å². The highest BCUT2D eigenvalue weighted by Crippen LogP contribution is 2.11. The summed E-state index contributed by atoms with van der Waals surface area (Å²) >= 11 is 0. The standard InChI is InChI=1S/C11H16N4O/c1-7-2-4-8(5-3-7)13-9-6-10(16)15-11(12)14-9/h2-5,9,11,13-14H,6,12H2,1H3,(H,15,16). The molecule has 0 saturated carbocycles. The van der Waals surface area contributed by atoms with Crippen molar-refractivity contribution in [1.82, 2.24) is 10.6 Å². The molecule has 1 aromatic rings. The van der Waals surface area contributed by atoms with Crippen LogP contribution in [0.4, 0.5) is 5.69 Å². The third-order valence-electron chi connectivity index (χ3n) is 2.48. The van der Waals surface area contributed by atoms with Crippen LogP contribution in [0.1, 0.15) is 12.0 Å². The van der Waals surface area contributed by atoms with Crippen LogP contribution in [-0.4, -0.2) is 18.4 Å². The summed E-state index contributed by atoms with van der Waals surface area (Å²) < 4.78 is 0. The van der Waals surface area contributed by atoms with Crippen LogP contribution in [0, 0.1) is 6.92 Å². The lowest BCUT2D eigenvalue weighted by atomic mass is 10.2. The van der Waals surface area contributed by atoms with Crippen molar-refractivity contribution in [1.29, 1.82) is 0 Å². The molecule has 1 saturated heterocycles. The molecule has 5 heteroatoms. The maximum Gasteiger partial charge on any atom is 0.225 e. The van der Waals surface area contributed by atoms with Gasteiger partial charge in [0.2, 0.25) is 5.91 Å². The molecule has 1 aromatic carbocycles. The van der Waals surface area contributed by atoms with E-state index in [0.717, 1.165) is 5.69 Å². The molecule has 1 amide bonds. The number of benzene rings is 1. The second-order valence-corrected chi connectivity index (χ2v) is 3.98. The summed E-state index contributed by atoms with van der Waals surface area (Å²) in [7, 11) is 0. The molecule has 5 nitrogen and oxygen atoms in total. The number of rotatable bonds is 2. The monoisotopic (exact) mass is 220 g/mol. The van der Waals surface area contributed by atoms with Gasteiger partial charge in [0.1, 0.15) is 6.29 Å². The van der Waals surface area contributed by atoms with Crippen molar-refractivity contribution in [2.24, 2.45) is 5.73 Å². The zero-order valence-electron chi connectivity index (χ0n) is 9.16. The third kappa shape index (κ3) is 2.71. The number of hydrogen-bond acceptors (Lipinski definition) is 4. The Bertz CT molecular complexity index is 376. The Labute approximate surface area is 94.4 Å². The summed E-state index contributed by atoms with van der Waals surface area (Å²) in [6, 6.07) is 8.00. The minimum Gasteiger partial charge on any atom is -0.369 e. The summed E-state index contributed by atoms with van der Waals surface area (Å²) in [6.45, 7) is 2.03. The Hall–Kier alpha value is -1.59. The lowest BCUT2D eigenvalue weighted by Crippen LogP contribution is -2.62. The average Bonchev–Trinajstić information content (AvgIpc) is 2.20. The fourth-order valence-electron chi connectivity index (χ4n) is 1.68. The van der Waals surface area contributed by atoms with E-state index in [-0.39, 0.29) is 12.1 Å². The maximum absolute atomic E-state index is 11.3. The first-order chi connectivity index (χ1) is 7.63. The second-order valence-electron chi connectivity index (χ2n) is 3.98. The number of carbonyl (C=O) groups is 1. The van der Waals surface area contributed by atoms with Crippen LogP contribution in [-0.2, 0) is 4.79 Å². The first-order valence-corrected chi connectivity index (χ1v) is 5.28. The van der Waals surface area contributed by atoms with E-state index in [1.165, 1.54) is 5.56 Å². The van der Waals surface area contributed by atoms with Crippen LogP contribution in [0.25, 0.3) is 0 Å². The lowest BCUT2D eigenvalue weighted by molar-refractivity contribution is -0.124. The van der Waals surface area contributed by atoms with Crippen LogP contribution in [0.2, 0.25) is 0 Å². The fourth-order valence-corrected chi connectivity index (χ4v) is 1.68. The Morgan fingerprint density at radius 2 is 2.06 bits per heavy atom. The normalized spacial score (nSPS) is 25.0. The highest BCUT2D eigenvalue weighted by molar-refractivity contribution is 5.78. The van der Waals surface area contributed by atoms with E-state index < -0.39 is 6.29 Å². The van der Waals surface area contributed by atoms with Crippen LogP contribution in [0.3, 0.4) is 0 Å². The molecule has 0 spiro atoms. The topological polar surface area (TPSA) is 79.2 Å². The average molecular weight is 220 g/mol. The first-order valence-electron chi connectivity index (χ1n) is 5.28. The molecule has 86 valence electrons. The number of carbonyl (C=O) groups excluding carboxylic acids is 1. The van der Waals surface area contributed by atoms with E-state index in [1.54, 1.807) is 0 Å². The van der Waals surface area contributed by atoms with Crippen molar-refractivity contribution in [2.75, 3.05) is 5.32 Å². The summed E-state index contributed by atoms with van der Waals surface area (Å²) in [5.41, 5.74) is 7.79. The van der Waals surface area contributed by atoms with Gasteiger partial charge in [0.15, 0.2) is 0 Å². The minimum absolute atomic E-state index is 0.0455. The summed E-state index contributed by atoms with van der Waals surface area (Å²) in [5, 5.41) is 8.85. The predicted octanol–water partition coefficient (Wildman–Crippen LogP) is 0.0848. The molecule has 2 unspecified atom stereocenters. The maximum atomic E-state index is 11.3. The van der Waals surface area contributed by atoms with E-state index in [4.69, 9.17) is 5.73 Å². The summed E-state index contributed by atoms with van der Waals surface area (Å²) in [4.78, 5) is 11.3. The first kappa shape index (κ1) is 10.9. The van der Waals surface area contributed by atoms with E-state index in [1.807, 2.05) is 31.2 Å². The molecule has 1 fully saturated rings. The zero-order valence-corrected chi connectivity index (χ0v) is 9.16. The van der Waals surface area contributed by atoms with Crippen LogP contribution in [0.5, 0.6) is 0 Å². The summed E-state index contributed by atoms with van der Waals surface area (Å²) in [5.74, 6) is -0.0455. The van der Waals surface area contributed by atoms with Gasteiger partial charge in [-0.2, -0.15) is 0 Å². The van der Waals surface area contributed by atoms with Gasteiger partial charge < -0.3 is 10.6 Å². The third-order valence-corrected chi connectivity index (χ3v) is 2.48. The number of aryl methyl sites for hydroxylation is 1. The molecule has 0 aliphatic carbocycles. The number of hydrogen-bond donors (Lipinski definition) is 4. The molecule has 1 heterocycles. The van der Waals surface area contributed by atoms with Crippen molar-refractivity contribution >= 4 is 11.6 Å². The molecule has 0 aromatic heterocycles. The van der Waals surface area contributed by atoms with Crippen molar-refractivity contribution in [3.05, 3.63) is 29.8 Å². The van der Waals surface area contributed by atoms with Crippen molar-refractivity contribution in [3.63, 3.8) is 0 Å². The van der Waals surface area contributed by atoms with Crippen molar-refractivity contribution in [2.45, 2.75) is 25.8 Å². The fraction of sp³-hybridized carbons (Fsp3) is 0.364. The predicted molar refractivity (Wildman–Crippen MR) is 62.5 cm³/mol. The number of anilines is 1. The van der Waals surface area contributed by atoms with Gasteiger partial charge in [-0.05, 0) is 19.1 Å². The largest absolute Gasteiger partial charge is 0.369 e. The Morgan fingerprint density at radius 1 is 1.38 bits per heavy atom. The van der Waals surface area contributed by atoms with E-state index in [2.05, 4.69) is 16.0 Å². The highest BCUT2D eigenvalue weighted by Gasteiger charge is 2.22. The smallest absolute Gasteiger partial charge is 0.225 e. The molecule has 2 rings (SSSR count). The molecular formula is C11H16N4O. The van der Waals surface area contributed by atoms with Crippen molar-refractivity contribution < 1.29 is 4.79 Å². The highest BCUT2D eigenvalue weighted by atomic mass is 16.2. The van der Waals surface area contributed by atoms with Gasteiger partial charge in [0.05, 0.1) is 12.6 Å². The Morgan fingerprint density at radius 3 is 2.69 bits per heavy atom. The zero-order chi connectivity index (χ0) is 11.5. The summed E-state index contributed by atoms with van der Waals surface area (Å²) in [6.07, 6.45) is -0.225. The van der Waals surface area contributed by atoms with E-state index in [9.17, 15) is 4.79 Å². The van der Waals surface area contributed by atoms with Gasteiger partial charge in [0.25, 0.3) is 0 Å². The molecule has 1 aliphatic rings. The Kier molecular flexibility index (Phi) is 3.07. The SMILES string of the molecule is Cc1ccc(NC2CC(=O)NC(N)N2)cc1. The second kappa shape index (κ2) is 4.51. The molecule has 16 heavy (non-hydrogen) atoms. The van der Waals surface area contributed by atoms with Crippen LogP contribution >= 0.6 is 0 Å². The van der Waals surface area contributed by atoms with E-state index >= 15 is 0 Å². The van der Waals surface area contributed by atoms with Gasteiger partial charge in [-0.1, -0.05) is 17.7 Å². The van der Waals surface area contributed by atoms with Gasteiger partial charge >= 0.3 is 0 Å². The number of amides is 1. The van der Waals surface area contributed by atoms with Gasteiger partial charge in [-0.3, -0.25) is 15.8 Å². The van der Waals surface area contributed by atoms with Crippen LogP contribution < -0.4 is 21.7 Å². The van der Waals surface area contributed by atoms with Gasteiger partial charge in [0, 0.05) is 5.69 Å². The molecule has 5 N–H and O–H groups in total. The van der Waals surface area contributed by atoms with Crippen molar-refractivity contribution in [3.8, 4) is 0 Å². The molecular weight excluding hydrogens is 204 g/mol. The molecule has 2 atom stereocenters. The molecule has 0 bridgehead atoms.